The second-order valence-electron chi connectivity index (χ2n) is 5.32. The summed E-state index contributed by atoms with van der Waals surface area (Å²) in [5.74, 6) is 2.17. The second-order valence-corrected chi connectivity index (χ2v) is 5.32. The minimum atomic E-state index is -0.0844. The van der Waals surface area contributed by atoms with Gasteiger partial charge in [-0.15, -0.1) is 0 Å². The first-order chi connectivity index (χ1) is 9.47. The van der Waals surface area contributed by atoms with Crippen molar-refractivity contribution in [3.8, 4) is 5.75 Å². The third-order valence-electron chi connectivity index (χ3n) is 3.01. The van der Waals surface area contributed by atoms with Gasteiger partial charge >= 0.3 is 0 Å². The zero-order valence-corrected chi connectivity index (χ0v) is 12.4. The molecule has 2 N–H and O–H groups in total. The number of aromatic nitrogens is 2. The second kappa shape index (κ2) is 6.05. The van der Waals surface area contributed by atoms with Crippen LogP contribution in [0.1, 0.15) is 55.6 Å². The highest BCUT2D eigenvalue weighted by molar-refractivity contribution is 5.38. The summed E-state index contributed by atoms with van der Waals surface area (Å²) < 4.78 is 10.9. The lowest BCUT2D eigenvalue weighted by atomic mass is 10.1. The topological polar surface area (TPSA) is 74.2 Å². The van der Waals surface area contributed by atoms with E-state index in [1.54, 1.807) is 0 Å². The molecule has 0 spiro atoms. The maximum Gasteiger partial charge on any atom is 0.264 e. The summed E-state index contributed by atoms with van der Waals surface area (Å²) in [5.41, 5.74) is 8.10. The van der Waals surface area contributed by atoms with Gasteiger partial charge < -0.3 is 15.0 Å². The van der Waals surface area contributed by atoms with E-state index in [1.165, 1.54) is 0 Å². The smallest absolute Gasteiger partial charge is 0.264 e. The predicted octanol–water partition coefficient (Wildman–Crippen LogP) is 3.10. The van der Waals surface area contributed by atoms with Crippen molar-refractivity contribution in [1.82, 2.24) is 10.1 Å². The number of nitrogens with two attached hydrogens (primary N) is 1. The van der Waals surface area contributed by atoms with Crippen LogP contribution in [0, 0.1) is 6.92 Å². The number of hydrogen-bond donors (Lipinski definition) is 1. The summed E-state index contributed by atoms with van der Waals surface area (Å²) >= 11 is 0. The van der Waals surface area contributed by atoms with Crippen LogP contribution in [-0.2, 0) is 6.61 Å². The molecule has 1 aromatic heterocycles. The minimum absolute atomic E-state index is 0.0844. The minimum Gasteiger partial charge on any atom is -0.483 e. The zero-order chi connectivity index (χ0) is 14.7. The van der Waals surface area contributed by atoms with Crippen molar-refractivity contribution in [1.29, 1.82) is 0 Å². The maximum absolute atomic E-state index is 5.96. The quantitative estimate of drug-likeness (QED) is 0.907. The molecule has 2 aromatic rings. The van der Waals surface area contributed by atoms with Gasteiger partial charge in [0, 0.05) is 17.5 Å². The van der Waals surface area contributed by atoms with Gasteiger partial charge in [-0.1, -0.05) is 36.7 Å². The number of hydrogen-bond acceptors (Lipinski definition) is 5. The average molecular weight is 275 g/mol. The van der Waals surface area contributed by atoms with Crippen molar-refractivity contribution in [2.45, 2.75) is 46.3 Å². The molecule has 0 radical (unpaired) electrons. The van der Waals surface area contributed by atoms with Crippen LogP contribution >= 0.6 is 0 Å². The predicted molar refractivity (Wildman–Crippen MR) is 76.5 cm³/mol. The Hall–Kier alpha value is -1.88. The first kappa shape index (κ1) is 14.5. The third kappa shape index (κ3) is 3.36. The van der Waals surface area contributed by atoms with Crippen molar-refractivity contribution in [2.75, 3.05) is 0 Å². The maximum atomic E-state index is 5.96. The van der Waals surface area contributed by atoms with E-state index in [4.69, 9.17) is 15.0 Å². The first-order valence-corrected chi connectivity index (χ1v) is 6.78. The molecule has 1 aromatic carbocycles. The van der Waals surface area contributed by atoms with Gasteiger partial charge in [-0.05, 0) is 19.9 Å². The molecule has 0 aliphatic rings. The van der Waals surface area contributed by atoms with Crippen LogP contribution < -0.4 is 10.5 Å². The Labute approximate surface area is 119 Å². The number of aryl methyl sites for hydroxylation is 1. The molecule has 2 rings (SSSR count). The van der Waals surface area contributed by atoms with Crippen molar-refractivity contribution < 1.29 is 9.26 Å². The molecule has 20 heavy (non-hydrogen) atoms. The van der Waals surface area contributed by atoms with E-state index in [-0.39, 0.29) is 18.6 Å². The summed E-state index contributed by atoms with van der Waals surface area (Å²) in [6, 6.07) is 5.87. The summed E-state index contributed by atoms with van der Waals surface area (Å²) in [5, 5.41) is 3.91. The molecule has 1 heterocycles. The highest BCUT2D eigenvalue weighted by atomic mass is 16.5. The fourth-order valence-corrected chi connectivity index (χ4v) is 1.86. The van der Waals surface area contributed by atoms with Crippen molar-refractivity contribution in [3.63, 3.8) is 0 Å². The van der Waals surface area contributed by atoms with E-state index in [0.717, 1.165) is 16.9 Å². The van der Waals surface area contributed by atoms with Crippen LogP contribution in [0.15, 0.2) is 22.7 Å². The van der Waals surface area contributed by atoms with Crippen LogP contribution in [0.25, 0.3) is 0 Å². The lowest BCUT2D eigenvalue weighted by Crippen LogP contribution is -2.08. The fraction of sp³-hybridized carbons (Fsp3) is 0.467. The Morgan fingerprint density at radius 1 is 1.30 bits per heavy atom. The van der Waals surface area contributed by atoms with Crippen LogP contribution in [0.5, 0.6) is 5.75 Å². The molecule has 0 amide bonds. The molecule has 108 valence electrons. The summed E-state index contributed by atoms with van der Waals surface area (Å²) in [6.45, 7) is 8.25. The van der Waals surface area contributed by atoms with Gasteiger partial charge in [-0.3, -0.25) is 0 Å². The number of rotatable bonds is 5. The molecule has 1 atom stereocenters. The zero-order valence-electron chi connectivity index (χ0n) is 12.4. The Morgan fingerprint density at radius 3 is 2.65 bits per heavy atom. The Balaban J connectivity index is 2.10. The number of benzene rings is 1. The van der Waals surface area contributed by atoms with Crippen LogP contribution in [0.4, 0.5) is 0 Å². The largest absolute Gasteiger partial charge is 0.483 e. The normalized spacial score (nSPS) is 12.7. The van der Waals surface area contributed by atoms with E-state index < -0.39 is 0 Å². The summed E-state index contributed by atoms with van der Waals surface area (Å²) in [4.78, 5) is 4.28. The van der Waals surface area contributed by atoms with Gasteiger partial charge in [0.1, 0.15) is 5.75 Å². The Morgan fingerprint density at radius 2 is 2.05 bits per heavy atom. The van der Waals surface area contributed by atoms with Gasteiger partial charge in [0.2, 0.25) is 0 Å². The van der Waals surface area contributed by atoms with Crippen molar-refractivity contribution >= 4 is 0 Å². The molecule has 0 bridgehead atoms. The monoisotopic (exact) mass is 275 g/mol. The van der Waals surface area contributed by atoms with E-state index in [9.17, 15) is 0 Å². The SMILES string of the molecule is Cc1ccc(OCc2nc(C(C)C)no2)c([C@@H](C)N)c1. The molecule has 0 saturated carbocycles. The van der Waals surface area contributed by atoms with Crippen molar-refractivity contribution in [3.05, 3.63) is 41.0 Å². The summed E-state index contributed by atoms with van der Waals surface area (Å²) in [7, 11) is 0. The van der Waals surface area contributed by atoms with Gasteiger partial charge in [0.25, 0.3) is 5.89 Å². The van der Waals surface area contributed by atoms with Crippen LogP contribution in [-0.4, -0.2) is 10.1 Å². The fourth-order valence-electron chi connectivity index (χ4n) is 1.86. The Bertz CT molecular complexity index is 576. The van der Waals surface area contributed by atoms with E-state index in [0.29, 0.717) is 11.7 Å². The van der Waals surface area contributed by atoms with E-state index in [1.807, 2.05) is 45.9 Å². The van der Waals surface area contributed by atoms with E-state index >= 15 is 0 Å². The average Bonchev–Trinajstić information content (AvgIpc) is 2.86. The van der Waals surface area contributed by atoms with Crippen LogP contribution in [0.2, 0.25) is 0 Å². The third-order valence-corrected chi connectivity index (χ3v) is 3.01. The molecule has 5 heteroatoms. The van der Waals surface area contributed by atoms with Crippen molar-refractivity contribution in [2.24, 2.45) is 5.73 Å². The molecule has 0 aliphatic heterocycles. The number of nitrogens with zero attached hydrogens (tertiary/aromatic N) is 2. The Kier molecular flexibility index (Phi) is 4.39. The van der Waals surface area contributed by atoms with Gasteiger partial charge in [-0.2, -0.15) is 4.98 Å². The lowest BCUT2D eigenvalue weighted by Gasteiger charge is -2.13. The molecular weight excluding hydrogens is 254 g/mol. The van der Waals surface area contributed by atoms with Gasteiger partial charge in [0.05, 0.1) is 0 Å². The van der Waals surface area contributed by atoms with Gasteiger partial charge in [0.15, 0.2) is 12.4 Å². The van der Waals surface area contributed by atoms with Gasteiger partial charge in [-0.25, -0.2) is 0 Å². The standard InChI is InChI=1S/C15H21N3O2/c1-9(2)15-17-14(20-18-15)8-19-13-6-5-10(3)7-12(13)11(4)16/h5-7,9,11H,8,16H2,1-4H3/t11-/m1/s1. The van der Waals surface area contributed by atoms with E-state index in [2.05, 4.69) is 10.1 Å². The number of ether oxygens (including phenoxy) is 1. The highest BCUT2D eigenvalue weighted by Crippen LogP contribution is 2.25. The molecule has 5 nitrogen and oxygen atoms in total. The molecular formula is C15H21N3O2. The highest BCUT2D eigenvalue weighted by Gasteiger charge is 2.12. The lowest BCUT2D eigenvalue weighted by molar-refractivity contribution is 0.240. The summed E-state index contributed by atoms with van der Waals surface area (Å²) in [6.07, 6.45) is 0. The molecule has 0 fully saturated rings. The van der Waals surface area contributed by atoms with Crippen LogP contribution in [0.3, 0.4) is 0 Å². The molecule has 0 aliphatic carbocycles. The molecule has 0 unspecified atom stereocenters. The molecule has 0 saturated heterocycles. The first-order valence-electron chi connectivity index (χ1n) is 6.78.